The molecule has 0 spiro atoms. The lowest BCUT2D eigenvalue weighted by atomic mass is 10.1. The van der Waals surface area contributed by atoms with Gasteiger partial charge < -0.3 is 9.64 Å². The van der Waals surface area contributed by atoms with E-state index in [1.165, 1.54) is 0 Å². The summed E-state index contributed by atoms with van der Waals surface area (Å²) in [6.07, 6.45) is 2.04. The fourth-order valence-electron chi connectivity index (χ4n) is 3.01. The summed E-state index contributed by atoms with van der Waals surface area (Å²) in [5.74, 6) is 1.41. The standard InChI is InChI=1S/C19H22ClN3O2/c1-5-17-21-8-14-9-23(10-16(14)22-17)19(24)13(4)25-15-6-11(2)18(20)12(3)7-15/h6-8,13H,5,9-10H2,1-4H3/t13-/m0/s1. The van der Waals surface area contributed by atoms with Crippen LogP contribution in [0.3, 0.4) is 0 Å². The summed E-state index contributed by atoms with van der Waals surface area (Å²) in [4.78, 5) is 23.3. The summed E-state index contributed by atoms with van der Waals surface area (Å²) >= 11 is 6.18. The third kappa shape index (κ3) is 3.61. The number of hydrogen-bond donors (Lipinski definition) is 0. The lowest BCUT2D eigenvalue weighted by Crippen LogP contribution is -2.37. The third-order valence-corrected chi connectivity index (χ3v) is 5.00. The van der Waals surface area contributed by atoms with Crippen LogP contribution in [0.5, 0.6) is 5.75 Å². The van der Waals surface area contributed by atoms with Crippen molar-refractivity contribution in [1.29, 1.82) is 0 Å². The number of halogens is 1. The molecule has 1 aliphatic rings. The molecule has 0 saturated heterocycles. The summed E-state index contributed by atoms with van der Waals surface area (Å²) in [5, 5.41) is 0.728. The van der Waals surface area contributed by atoms with E-state index in [2.05, 4.69) is 9.97 Å². The number of aryl methyl sites for hydroxylation is 3. The summed E-state index contributed by atoms with van der Waals surface area (Å²) in [6.45, 7) is 8.69. The number of ether oxygens (including phenoxy) is 1. The second-order valence-corrected chi connectivity index (χ2v) is 6.82. The Labute approximate surface area is 153 Å². The molecular formula is C19H22ClN3O2. The van der Waals surface area contributed by atoms with Crippen molar-refractivity contribution in [2.45, 2.75) is 53.3 Å². The van der Waals surface area contributed by atoms with E-state index in [4.69, 9.17) is 16.3 Å². The van der Waals surface area contributed by atoms with Gasteiger partial charge in [0.05, 0.1) is 12.2 Å². The lowest BCUT2D eigenvalue weighted by molar-refractivity contribution is -0.138. The fraction of sp³-hybridized carbons (Fsp3) is 0.421. The minimum atomic E-state index is -0.576. The Kier molecular flexibility index (Phi) is 4.95. The van der Waals surface area contributed by atoms with Gasteiger partial charge in [-0.05, 0) is 44.0 Å². The maximum atomic E-state index is 12.7. The maximum Gasteiger partial charge on any atom is 0.264 e. The SMILES string of the molecule is CCc1ncc2c(n1)CN(C(=O)[C@H](C)Oc1cc(C)c(Cl)c(C)c1)C2. The van der Waals surface area contributed by atoms with Crippen LogP contribution in [0.1, 0.15) is 42.1 Å². The van der Waals surface area contributed by atoms with E-state index in [9.17, 15) is 4.79 Å². The van der Waals surface area contributed by atoms with Crippen LogP contribution < -0.4 is 4.74 Å². The molecule has 1 atom stereocenters. The predicted molar refractivity (Wildman–Crippen MR) is 96.7 cm³/mol. The largest absolute Gasteiger partial charge is 0.481 e. The molecule has 0 saturated carbocycles. The van der Waals surface area contributed by atoms with Crippen molar-refractivity contribution in [3.63, 3.8) is 0 Å². The number of amides is 1. The number of hydrogen-bond acceptors (Lipinski definition) is 4. The molecule has 0 aliphatic carbocycles. The van der Waals surface area contributed by atoms with Crippen molar-refractivity contribution < 1.29 is 9.53 Å². The second-order valence-electron chi connectivity index (χ2n) is 6.44. The molecule has 1 aliphatic heterocycles. The second kappa shape index (κ2) is 7.00. The first-order valence-corrected chi connectivity index (χ1v) is 8.82. The third-order valence-electron chi connectivity index (χ3n) is 4.40. The van der Waals surface area contributed by atoms with E-state index in [0.29, 0.717) is 18.8 Å². The Bertz CT molecular complexity index is 799. The Hall–Kier alpha value is -2.14. The van der Waals surface area contributed by atoms with Gasteiger partial charge in [0.1, 0.15) is 11.6 Å². The van der Waals surface area contributed by atoms with E-state index in [-0.39, 0.29) is 5.91 Å². The molecule has 0 unspecified atom stereocenters. The lowest BCUT2D eigenvalue weighted by Gasteiger charge is -2.21. The number of benzene rings is 1. The van der Waals surface area contributed by atoms with Gasteiger partial charge in [0.2, 0.25) is 0 Å². The summed E-state index contributed by atoms with van der Waals surface area (Å²) < 4.78 is 5.86. The molecule has 2 aromatic rings. The molecule has 1 aromatic carbocycles. The number of rotatable bonds is 4. The zero-order chi connectivity index (χ0) is 18.1. The minimum absolute atomic E-state index is 0.0543. The van der Waals surface area contributed by atoms with E-state index in [1.54, 1.807) is 11.8 Å². The van der Waals surface area contributed by atoms with Gasteiger partial charge in [-0.1, -0.05) is 18.5 Å². The monoisotopic (exact) mass is 359 g/mol. The number of carbonyl (C=O) groups is 1. The molecule has 1 aromatic heterocycles. The number of nitrogens with zero attached hydrogens (tertiary/aromatic N) is 3. The molecule has 0 radical (unpaired) electrons. The van der Waals surface area contributed by atoms with Crippen molar-refractivity contribution in [2.75, 3.05) is 0 Å². The van der Waals surface area contributed by atoms with Crippen LogP contribution in [0.2, 0.25) is 5.02 Å². The summed E-state index contributed by atoms with van der Waals surface area (Å²) in [5.41, 5.74) is 3.82. The molecular weight excluding hydrogens is 338 g/mol. The first-order chi connectivity index (χ1) is 11.9. The predicted octanol–water partition coefficient (Wildman–Crippen LogP) is 3.62. The Morgan fingerprint density at radius 3 is 2.64 bits per heavy atom. The average molecular weight is 360 g/mol. The molecule has 6 heteroatoms. The van der Waals surface area contributed by atoms with Gasteiger partial charge in [-0.25, -0.2) is 9.97 Å². The van der Waals surface area contributed by atoms with Gasteiger partial charge >= 0.3 is 0 Å². The number of carbonyl (C=O) groups excluding carboxylic acids is 1. The highest BCUT2D eigenvalue weighted by Gasteiger charge is 2.29. The normalized spacial score (nSPS) is 14.4. The van der Waals surface area contributed by atoms with Crippen molar-refractivity contribution >= 4 is 17.5 Å². The Morgan fingerprint density at radius 1 is 1.32 bits per heavy atom. The maximum absolute atomic E-state index is 12.7. The van der Waals surface area contributed by atoms with Crippen LogP contribution in [0.15, 0.2) is 18.3 Å². The highest BCUT2D eigenvalue weighted by Crippen LogP contribution is 2.27. The van der Waals surface area contributed by atoms with E-state index < -0.39 is 6.10 Å². The molecule has 132 valence electrons. The van der Waals surface area contributed by atoms with Crippen molar-refractivity contribution in [3.05, 3.63) is 51.6 Å². The average Bonchev–Trinajstić information content (AvgIpc) is 3.01. The Balaban J connectivity index is 1.69. The fourth-order valence-corrected chi connectivity index (χ4v) is 3.12. The van der Waals surface area contributed by atoms with Crippen molar-refractivity contribution in [1.82, 2.24) is 14.9 Å². The first kappa shape index (κ1) is 17.7. The zero-order valence-electron chi connectivity index (χ0n) is 15.0. The molecule has 2 heterocycles. The van der Waals surface area contributed by atoms with Gasteiger partial charge in [-0.3, -0.25) is 4.79 Å². The van der Waals surface area contributed by atoms with E-state index >= 15 is 0 Å². The van der Waals surface area contributed by atoms with Gasteiger partial charge in [-0.2, -0.15) is 0 Å². The van der Waals surface area contributed by atoms with Crippen molar-refractivity contribution in [3.8, 4) is 5.75 Å². The molecule has 0 N–H and O–H groups in total. The van der Waals surface area contributed by atoms with Crippen LogP contribution >= 0.6 is 11.6 Å². The first-order valence-electron chi connectivity index (χ1n) is 8.45. The van der Waals surface area contributed by atoms with Crippen LogP contribution in [0, 0.1) is 13.8 Å². The quantitative estimate of drug-likeness (QED) is 0.836. The Morgan fingerprint density at radius 2 is 2.00 bits per heavy atom. The van der Waals surface area contributed by atoms with Crippen LogP contribution in [-0.2, 0) is 24.3 Å². The molecule has 5 nitrogen and oxygen atoms in total. The molecule has 25 heavy (non-hydrogen) atoms. The molecule has 0 bridgehead atoms. The smallest absolute Gasteiger partial charge is 0.264 e. The highest BCUT2D eigenvalue weighted by atomic mass is 35.5. The minimum Gasteiger partial charge on any atom is -0.481 e. The van der Waals surface area contributed by atoms with Crippen LogP contribution in [0.4, 0.5) is 0 Å². The summed E-state index contributed by atoms with van der Waals surface area (Å²) in [7, 11) is 0. The number of fused-ring (bicyclic) bond motifs is 1. The van der Waals surface area contributed by atoms with Gasteiger partial charge in [0.25, 0.3) is 5.91 Å². The van der Waals surface area contributed by atoms with Crippen LogP contribution in [-0.4, -0.2) is 26.9 Å². The van der Waals surface area contributed by atoms with Gasteiger partial charge in [0.15, 0.2) is 6.10 Å². The summed E-state index contributed by atoms with van der Waals surface area (Å²) in [6, 6.07) is 3.72. The topological polar surface area (TPSA) is 55.3 Å². The van der Waals surface area contributed by atoms with Crippen molar-refractivity contribution in [2.24, 2.45) is 0 Å². The molecule has 1 amide bonds. The number of aromatic nitrogens is 2. The molecule has 0 fully saturated rings. The van der Waals surface area contributed by atoms with Gasteiger partial charge in [-0.15, -0.1) is 0 Å². The van der Waals surface area contributed by atoms with Gasteiger partial charge in [0, 0.05) is 29.7 Å². The van der Waals surface area contributed by atoms with E-state index in [0.717, 1.165) is 39.7 Å². The van der Waals surface area contributed by atoms with E-state index in [1.807, 2.05) is 39.1 Å². The van der Waals surface area contributed by atoms with Crippen LogP contribution in [0.25, 0.3) is 0 Å². The zero-order valence-corrected chi connectivity index (χ0v) is 15.7. The highest BCUT2D eigenvalue weighted by molar-refractivity contribution is 6.32. The molecule has 3 rings (SSSR count).